The molecule has 4 rings (SSSR count). The van der Waals surface area contributed by atoms with Crippen molar-refractivity contribution in [3.8, 4) is 0 Å². The van der Waals surface area contributed by atoms with E-state index in [1.165, 1.54) is 17.2 Å². The standard InChI is InChI=1S/C26H27ClFN3O/c27-22-10-7-19(8-11-22)15-25-17-21-16-23(28)12-9-20(21)18-31(25)14-4-13-29-26(32)30-24-5-2-1-3-6-24/h1-3,5-12,16,25H,4,13-15,17-18H2,(H2,29,30,32). The van der Waals surface area contributed by atoms with Crippen LogP contribution in [0, 0.1) is 5.82 Å². The van der Waals surface area contributed by atoms with E-state index in [0.717, 1.165) is 48.6 Å². The van der Waals surface area contributed by atoms with E-state index in [1.807, 2.05) is 48.5 Å². The lowest BCUT2D eigenvalue weighted by Crippen LogP contribution is -2.43. The maximum atomic E-state index is 13.8. The van der Waals surface area contributed by atoms with Gasteiger partial charge in [-0.3, -0.25) is 4.90 Å². The summed E-state index contributed by atoms with van der Waals surface area (Å²) in [5.74, 6) is -0.184. The van der Waals surface area contributed by atoms with Crippen molar-refractivity contribution in [3.05, 3.63) is 100 Å². The van der Waals surface area contributed by atoms with Gasteiger partial charge in [0.05, 0.1) is 0 Å². The number of rotatable bonds is 7. The molecule has 0 fully saturated rings. The molecule has 1 aliphatic rings. The molecular weight excluding hydrogens is 425 g/mol. The van der Waals surface area contributed by atoms with Gasteiger partial charge in [0.2, 0.25) is 0 Å². The molecule has 1 unspecified atom stereocenters. The lowest BCUT2D eigenvalue weighted by atomic mass is 9.90. The second-order valence-corrected chi connectivity index (χ2v) is 8.61. The van der Waals surface area contributed by atoms with Crippen LogP contribution in [0.4, 0.5) is 14.9 Å². The summed E-state index contributed by atoms with van der Waals surface area (Å²) in [7, 11) is 0. The highest BCUT2D eigenvalue weighted by atomic mass is 35.5. The Morgan fingerprint density at radius 3 is 2.59 bits per heavy atom. The number of benzene rings is 3. The third kappa shape index (κ3) is 6.09. The molecule has 1 aliphatic heterocycles. The molecule has 166 valence electrons. The van der Waals surface area contributed by atoms with E-state index in [9.17, 15) is 9.18 Å². The number of nitrogens with one attached hydrogen (secondary N) is 2. The first-order valence-electron chi connectivity index (χ1n) is 10.9. The number of halogens is 2. The van der Waals surface area contributed by atoms with E-state index in [4.69, 9.17) is 11.6 Å². The molecule has 0 aromatic heterocycles. The summed E-state index contributed by atoms with van der Waals surface area (Å²) in [5.41, 5.74) is 4.24. The van der Waals surface area contributed by atoms with Crippen molar-refractivity contribution in [2.45, 2.75) is 31.8 Å². The molecule has 0 saturated carbocycles. The summed E-state index contributed by atoms with van der Waals surface area (Å²) in [4.78, 5) is 14.5. The van der Waals surface area contributed by atoms with Gasteiger partial charge in [-0.15, -0.1) is 0 Å². The number of nitrogens with zero attached hydrogens (tertiary/aromatic N) is 1. The molecule has 0 bridgehead atoms. The van der Waals surface area contributed by atoms with Gasteiger partial charge in [-0.2, -0.15) is 0 Å². The zero-order chi connectivity index (χ0) is 22.3. The predicted molar refractivity (Wildman–Crippen MR) is 128 cm³/mol. The lowest BCUT2D eigenvalue weighted by molar-refractivity contribution is 0.167. The molecule has 2 amide bonds. The second kappa shape index (κ2) is 10.6. The van der Waals surface area contributed by atoms with E-state index in [0.29, 0.717) is 6.54 Å². The fraction of sp³-hybridized carbons (Fsp3) is 0.269. The van der Waals surface area contributed by atoms with Gasteiger partial charge in [0, 0.05) is 36.4 Å². The van der Waals surface area contributed by atoms with Gasteiger partial charge in [0.25, 0.3) is 0 Å². The maximum Gasteiger partial charge on any atom is 0.319 e. The molecule has 32 heavy (non-hydrogen) atoms. The molecule has 0 saturated heterocycles. The number of carbonyl (C=O) groups excluding carboxylic acids is 1. The van der Waals surface area contributed by atoms with Gasteiger partial charge in [-0.05, 0) is 72.4 Å². The van der Waals surface area contributed by atoms with Crippen molar-refractivity contribution in [2.24, 2.45) is 0 Å². The van der Waals surface area contributed by atoms with Crippen LogP contribution in [0.5, 0.6) is 0 Å². The largest absolute Gasteiger partial charge is 0.338 e. The minimum absolute atomic E-state index is 0.184. The molecule has 3 aromatic rings. The van der Waals surface area contributed by atoms with Crippen LogP contribution in [0.2, 0.25) is 5.02 Å². The lowest BCUT2D eigenvalue weighted by Gasteiger charge is -2.37. The highest BCUT2D eigenvalue weighted by Gasteiger charge is 2.26. The summed E-state index contributed by atoms with van der Waals surface area (Å²) < 4.78 is 13.8. The van der Waals surface area contributed by atoms with Crippen molar-refractivity contribution in [1.29, 1.82) is 0 Å². The van der Waals surface area contributed by atoms with Crippen molar-refractivity contribution < 1.29 is 9.18 Å². The van der Waals surface area contributed by atoms with Gasteiger partial charge in [-0.25, -0.2) is 9.18 Å². The Morgan fingerprint density at radius 2 is 1.81 bits per heavy atom. The van der Waals surface area contributed by atoms with Crippen molar-refractivity contribution in [2.75, 3.05) is 18.4 Å². The van der Waals surface area contributed by atoms with Crippen LogP contribution in [0.15, 0.2) is 72.8 Å². The fourth-order valence-corrected chi connectivity index (χ4v) is 4.33. The molecule has 0 radical (unpaired) electrons. The third-order valence-corrected chi connectivity index (χ3v) is 6.09. The van der Waals surface area contributed by atoms with Gasteiger partial charge >= 0.3 is 6.03 Å². The van der Waals surface area contributed by atoms with Crippen LogP contribution in [-0.4, -0.2) is 30.1 Å². The van der Waals surface area contributed by atoms with E-state index < -0.39 is 0 Å². The van der Waals surface area contributed by atoms with E-state index in [2.05, 4.69) is 27.7 Å². The maximum absolute atomic E-state index is 13.8. The van der Waals surface area contributed by atoms with Crippen LogP contribution in [0.25, 0.3) is 0 Å². The number of para-hydroxylation sites is 1. The van der Waals surface area contributed by atoms with E-state index in [1.54, 1.807) is 6.07 Å². The minimum atomic E-state index is -0.201. The zero-order valence-corrected chi connectivity index (χ0v) is 18.6. The number of fused-ring (bicyclic) bond motifs is 1. The van der Waals surface area contributed by atoms with Crippen LogP contribution in [-0.2, 0) is 19.4 Å². The van der Waals surface area contributed by atoms with Gasteiger partial charge in [0.15, 0.2) is 0 Å². The number of amides is 2. The normalized spacial score (nSPS) is 15.8. The van der Waals surface area contributed by atoms with Crippen molar-refractivity contribution in [3.63, 3.8) is 0 Å². The first-order valence-corrected chi connectivity index (χ1v) is 11.3. The number of hydrogen-bond donors (Lipinski definition) is 2. The molecule has 0 spiro atoms. The second-order valence-electron chi connectivity index (χ2n) is 8.17. The average molecular weight is 452 g/mol. The Morgan fingerprint density at radius 1 is 1.03 bits per heavy atom. The Hall–Kier alpha value is -2.89. The topological polar surface area (TPSA) is 44.4 Å². The molecule has 3 aromatic carbocycles. The fourth-order valence-electron chi connectivity index (χ4n) is 4.21. The number of carbonyl (C=O) groups is 1. The van der Waals surface area contributed by atoms with Crippen LogP contribution in [0.1, 0.15) is 23.1 Å². The molecule has 0 aliphatic carbocycles. The molecular formula is C26H27ClFN3O. The van der Waals surface area contributed by atoms with E-state index >= 15 is 0 Å². The Bertz CT molecular complexity index is 1040. The molecule has 1 heterocycles. The van der Waals surface area contributed by atoms with Gasteiger partial charge in [-0.1, -0.05) is 48.0 Å². The number of hydrogen-bond acceptors (Lipinski definition) is 2. The first kappa shape index (κ1) is 22.3. The van der Waals surface area contributed by atoms with Crippen LogP contribution in [0.3, 0.4) is 0 Å². The third-order valence-electron chi connectivity index (χ3n) is 5.84. The van der Waals surface area contributed by atoms with Gasteiger partial charge in [0.1, 0.15) is 5.82 Å². The average Bonchev–Trinajstić information content (AvgIpc) is 2.79. The Balaban J connectivity index is 1.35. The zero-order valence-electron chi connectivity index (χ0n) is 17.9. The smallest absolute Gasteiger partial charge is 0.319 e. The number of anilines is 1. The van der Waals surface area contributed by atoms with Gasteiger partial charge < -0.3 is 10.6 Å². The van der Waals surface area contributed by atoms with Crippen LogP contribution < -0.4 is 10.6 Å². The predicted octanol–water partition coefficient (Wildman–Crippen LogP) is 5.66. The monoisotopic (exact) mass is 451 g/mol. The molecule has 1 atom stereocenters. The quantitative estimate of drug-likeness (QED) is 0.455. The Kier molecular flexibility index (Phi) is 7.40. The first-order chi connectivity index (χ1) is 15.6. The molecule has 6 heteroatoms. The summed E-state index contributed by atoms with van der Waals surface area (Å²) in [6.07, 6.45) is 2.50. The van der Waals surface area contributed by atoms with Crippen molar-refractivity contribution >= 4 is 23.3 Å². The highest BCUT2D eigenvalue weighted by Crippen LogP contribution is 2.27. The Labute approximate surface area is 193 Å². The molecule has 4 nitrogen and oxygen atoms in total. The summed E-state index contributed by atoms with van der Waals surface area (Å²) in [6.45, 7) is 2.21. The summed E-state index contributed by atoms with van der Waals surface area (Å²) in [5, 5.41) is 6.49. The SMILES string of the molecule is O=C(NCCCN1Cc2ccc(F)cc2CC1Cc1ccc(Cl)cc1)Nc1ccccc1. The van der Waals surface area contributed by atoms with Crippen molar-refractivity contribution in [1.82, 2.24) is 10.2 Å². The molecule has 2 N–H and O–H groups in total. The minimum Gasteiger partial charge on any atom is -0.338 e. The number of urea groups is 1. The summed E-state index contributed by atoms with van der Waals surface area (Å²) >= 11 is 6.04. The van der Waals surface area contributed by atoms with Crippen LogP contribution >= 0.6 is 11.6 Å². The van der Waals surface area contributed by atoms with E-state index in [-0.39, 0.29) is 17.9 Å². The summed E-state index contributed by atoms with van der Waals surface area (Å²) in [6, 6.07) is 22.5. The highest BCUT2D eigenvalue weighted by molar-refractivity contribution is 6.30.